The van der Waals surface area contributed by atoms with Gasteiger partial charge in [0.2, 0.25) is 10.0 Å². The molecule has 0 radical (unpaired) electrons. The van der Waals surface area contributed by atoms with Gasteiger partial charge in [0.05, 0.1) is 6.61 Å². The maximum atomic E-state index is 13.0. The monoisotopic (exact) mass is 457 g/mol. The van der Waals surface area contributed by atoms with Crippen LogP contribution in [0.3, 0.4) is 0 Å². The molecule has 0 aliphatic carbocycles. The quantitative estimate of drug-likeness (QED) is 0.627. The Kier molecular flexibility index (Phi) is 8.44. The fourth-order valence-corrected chi connectivity index (χ4v) is 4.82. The fraction of sp³-hybridized carbons (Fsp3) is 0.375. The molecule has 1 N–H and O–H groups in total. The molecule has 0 atom stereocenters. The molecule has 0 aromatic heterocycles. The number of nitrogens with one attached hydrogen (secondary N) is 1. The summed E-state index contributed by atoms with van der Waals surface area (Å²) in [5, 5.41) is 0. The van der Waals surface area contributed by atoms with Crippen LogP contribution in [0.5, 0.6) is 5.75 Å². The van der Waals surface area contributed by atoms with E-state index in [4.69, 9.17) is 4.74 Å². The van der Waals surface area contributed by atoms with E-state index in [1.165, 1.54) is 11.6 Å². The van der Waals surface area contributed by atoms with Gasteiger partial charge in [-0.15, -0.1) is 0 Å². The summed E-state index contributed by atoms with van der Waals surface area (Å²) in [6.45, 7) is 7.65. The molecule has 0 bridgehead atoms. The van der Waals surface area contributed by atoms with E-state index < -0.39 is 10.0 Å². The third kappa shape index (κ3) is 6.18. The van der Waals surface area contributed by atoms with Gasteiger partial charge in [-0.3, -0.25) is 9.69 Å². The molecule has 0 unspecified atom stereocenters. The number of sulfonamides is 1. The van der Waals surface area contributed by atoms with Gasteiger partial charge in [0.1, 0.15) is 10.6 Å². The summed E-state index contributed by atoms with van der Waals surface area (Å²) >= 11 is 0. The smallest absolute Gasteiger partial charge is 0.253 e. The Morgan fingerprint density at radius 1 is 1.06 bits per heavy atom. The van der Waals surface area contributed by atoms with Crippen LogP contribution in [0, 0.1) is 0 Å². The number of ether oxygens (including phenoxy) is 1. The van der Waals surface area contributed by atoms with Crippen molar-refractivity contribution in [3.05, 3.63) is 65.7 Å². The predicted molar refractivity (Wildman–Crippen MR) is 126 cm³/mol. The van der Waals surface area contributed by atoms with Gasteiger partial charge in [-0.25, -0.2) is 13.1 Å². The van der Waals surface area contributed by atoms with Gasteiger partial charge < -0.3 is 9.64 Å². The Labute approximate surface area is 190 Å². The molecular weight excluding hydrogens is 426 g/mol. The second kappa shape index (κ2) is 11.3. The van der Waals surface area contributed by atoms with Crippen LogP contribution in [0.1, 0.15) is 29.8 Å². The zero-order valence-corrected chi connectivity index (χ0v) is 19.5. The van der Waals surface area contributed by atoms with Gasteiger partial charge in [0.15, 0.2) is 0 Å². The number of piperazine rings is 1. The summed E-state index contributed by atoms with van der Waals surface area (Å²) < 4.78 is 33.1. The topological polar surface area (TPSA) is 79.0 Å². The van der Waals surface area contributed by atoms with Crippen molar-refractivity contribution in [2.24, 2.45) is 0 Å². The molecule has 0 saturated carbocycles. The van der Waals surface area contributed by atoms with E-state index in [0.29, 0.717) is 25.3 Å². The Morgan fingerprint density at radius 3 is 2.44 bits per heavy atom. The molecule has 2 aromatic carbocycles. The number of benzene rings is 2. The number of rotatable bonds is 9. The van der Waals surface area contributed by atoms with E-state index in [2.05, 4.69) is 33.9 Å². The van der Waals surface area contributed by atoms with Crippen LogP contribution < -0.4 is 9.46 Å². The highest BCUT2D eigenvalue weighted by Gasteiger charge is 2.25. The highest BCUT2D eigenvalue weighted by molar-refractivity contribution is 7.89. The second-order valence-electron chi connectivity index (χ2n) is 7.50. The lowest BCUT2D eigenvalue weighted by molar-refractivity contribution is 0.0650. The lowest BCUT2D eigenvalue weighted by Gasteiger charge is -2.34. The minimum atomic E-state index is -3.75. The van der Waals surface area contributed by atoms with E-state index in [9.17, 15) is 13.2 Å². The highest BCUT2D eigenvalue weighted by Crippen LogP contribution is 2.26. The fourth-order valence-electron chi connectivity index (χ4n) is 3.61. The molecular formula is C24H31N3O4S. The maximum Gasteiger partial charge on any atom is 0.253 e. The number of carbonyl (C=O) groups is 1. The molecule has 172 valence electrons. The first-order chi connectivity index (χ1) is 15.4. The Bertz CT molecular complexity index is 1030. The van der Waals surface area contributed by atoms with Crippen LogP contribution in [0.25, 0.3) is 6.08 Å². The van der Waals surface area contributed by atoms with E-state index in [-0.39, 0.29) is 23.1 Å². The van der Waals surface area contributed by atoms with Crippen molar-refractivity contribution < 1.29 is 17.9 Å². The van der Waals surface area contributed by atoms with E-state index in [1.54, 1.807) is 30.9 Å². The van der Waals surface area contributed by atoms with Crippen LogP contribution in [-0.4, -0.2) is 70.0 Å². The van der Waals surface area contributed by atoms with Crippen LogP contribution in [0.2, 0.25) is 0 Å². The van der Waals surface area contributed by atoms with E-state index in [0.717, 1.165) is 19.6 Å². The molecule has 32 heavy (non-hydrogen) atoms. The molecule has 2 aromatic rings. The van der Waals surface area contributed by atoms with Crippen molar-refractivity contribution >= 4 is 22.0 Å². The van der Waals surface area contributed by atoms with Crippen molar-refractivity contribution in [1.82, 2.24) is 14.5 Å². The van der Waals surface area contributed by atoms with Crippen LogP contribution in [-0.2, 0) is 10.0 Å². The SMILES string of the molecule is CCNS(=O)(=O)c1cc(C(=O)N2CCN(C/C=C/c3ccccc3)CC2)ccc1OCC. The number of amides is 1. The minimum Gasteiger partial charge on any atom is -0.492 e. The molecule has 1 aliphatic heterocycles. The zero-order chi connectivity index (χ0) is 23.0. The lowest BCUT2D eigenvalue weighted by Crippen LogP contribution is -2.48. The van der Waals surface area contributed by atoms with Gasteiger partial charge >= 0.3 is 0 Å². The summed E-state index contributed by atoms with van der Waals surface area (Å²) in [5.74, 6) is 0.0838. The normalized spacial score (nSPS) is 15.2. The first-order valence-electron chi connectivity index (χ1n) is 10.9. The predicted octanol–water partition coefficient (Wildman–Crippen LogP) is 2.85. The van der Waals surface area contributed by atoms with Crippen molar-refractivity contribution in [1.29, 1.82) is 0 Å². The standard InChI is InChI=1S/C24H31N3O4S/c1-3-25-32(29,30)23-19-21(12-13-22(23)31-4-2)24(28)27-17-15-26(16-18-27)14-8-11-20-9-6-5-7-10-20/h5-13,19,25H,3-4,14-18H2,1-2H3/b11-8+. The van der Waals surface area contributed by atoms with Crippen molar-refractivity contribution in [2.45, 2.75) is 18.7 Å². The average molecular weight is 458 g/mol. The Morgan fingerprint density at radius 2 is 1.78 bits per heavy atom. The number of nitrogens with zero attached hydrogens (tertiary/aromatic N) is 2. The van der Waals surface area contributed by atoms with Crippen LogP contribution in [0.15, 0.2) is 59.5 Å². The molecule has 7 nitrogen and oxygen atoms in total. The van der Waals surface area contributed by atoms with Gasteiger partial charge in [0, 0.05) is 44.8 Å². The van der Waals surface area contributed by atoms with Crippen molar-refractivity contribution in [3.8, 4) is 5.75 Å². The zero-order valence-electron chi connectivity index (χ0n) is 18.7. The molecule has 1 amide bonds. The van der Waals surface area contributed by atoms with Gasteiger partial charge in [-0.1, -0.05) is 49.4 Å². The van der Waals surface area contributed by atoms with Crippen molar-refractivity contribution in [2.75, 3.05) is 45.9 Å². The first kappa shape index (κ1) is 24.0. The van der Waals surface area contributed by atoms with E-state index in [1.807, 2.05) is 18.2 Å². The average Bonchev–Trinajstić information content (AvgIpc) is 2.80. The largest absolute Gasteiger partial charge is 0.492 e. The third-order valence-electron chi connectivity index (χ3n) is 5.25. The molecule has 1 aliphatic rings. The second-order valence-corrected chi connectivity index (χ2v) is 9.24. The minimum absolute atomic E-state index is 0.00302. The molecule has 8 heteroatoms. The summed E-state index contributed by atoms with van der Waals surface area (Å²) in [6, 6.07) is 14.8. The summed E-state index contributed by atoms with van der Waals surface area (Å²) in [6.07, 6.45) is 4.24. The Balaban J connectivity index is 1.63. The van der Waals surface area contributed by atoms with Gasteiger partial charge in [-0.05, 0) is 30.7 Å². The van der Waals surface area contributed by atoms with Gasteiger partial charge in [-0.2, -0.15) is 0 Å². The number of hydrogen-bond acceptors (Lipinski definition) is 5. The number of carbonyl (C=O) groups excluding carboxylic acids is 1. The van der Waals surface area contributed by atoms with Crippen LogP contribution >= 0.6 is 0 Å². The summed E-state index contributed by atoms with van der Waals surface area (Å²) in [4.78, 5) is 17.1. The molecule has 1 saturated heterocycles. The molecule has 0 spiro atoms. The van der Waals surface area contributed by atoms with E-state index >= 15 is 0 Å². The third-order valence-corrected chi connectivity index (χ3v) is 6.81. The highest BCUT2D eigenvalue weighted by atomic mass is 32.2. The maximum absolute atomic E-state index is 13.0. The lowest BCUT2D eigenvalue weighted by atomic mass is 10.1. The molecule has 1 fully saturated rings. The summed E-state index contributed by atoms with van der Waals surface area (Å²) in [5.41, 5.74) is 1.52. The Hall–Kier alpha value is -2.68. The van der Waals surface area contributed by atoms with Crippen LogP contribution in [0.4, 0.5) is 0 Å². The number of hydrogen-bond donors (Lipinski definition) is 1. The molecule has 1 heterocycles. The first-order valence-corrected chi connectivity index (χ1v) is 12.4. The molecule has 3 rings (SSSR count). The van der Waals surface area contributed by atoms with Crippen molar-refractivity contribution in [3.63, 3.8) is 0 Å². The summed E-state index contributed by atoms with van der Waals surface area (Å²) in [7, 11) is -3.75. The van der Waals surface area contributed by atoms with Gasteiger partial charge in [0.25, 0.3) is 5.91 Å².